The third-order valence-corrected chi connectivity index (χ3v) is 5.26. The predicted octanol–water partition coefficient (Wildman–Crippen LogP) is 3.43. The van der Waals surface area contributed by atoms with Crippen molar-refractivity contribution in [3.05, 3.63) is 59.5 Å². The van der Waals surface area contributed by atoms with Crippen molar-refractivity contribution < 1.29 is 4.79 Å². The molecule has 1 N–H and O–H groups in total. The number of aryl methyl sites for hydroxylation is 1. The summed E-state index contributed by atoms with van der Waals surface area (Å²) in [5.74, 6) is 0.552. The topological polar surface area (TPSA) is 75.6 Å². The van der Waals surface area contributed by atoms with Gasteiger partial charge in [0.25, 0.3) is 0 Å². The van der Waals surface area contributed by atoms with Crippen molar-refractivity contribution in [1.82, 2.24) is 14.1 Å². The van der Waals surface area contributed by atoms with Crippen molar-refractivity contribution in [3.8, 4) is 11.8 Å². The number of nitriles is 1. The van der Waals surface area contributed by atoms with Crippen LogP contribution in [0.15, 0.2) is 47.9 Å². The first-order valence-corrected chi connectivity index (χ1v) is 9.09. The fraction of sp³-hybridized carbons (Fsp3) is 0.211. The van der Waals surface area contributed by atoms with Gasteiger partial charge in [0.05, 0.1) is 11.3 Å². The minimum atomic E-state index is -0.177. The Bertz CT molecular complexity index is 982. The highest BCUT2D eigenvalue weighted by Gasteiger charge is 2.20. The maximum absolute atomic E-state index is 12.5. The molecule has 0 atom stereocenters. The summed E-state index contributed by atoms with van der Waals surface area (Å²) in [6.45, 7) is 3.84. The Labute approximate surface area is 156 Å². The Morgan fingerprint density at radius 2 is 2.04 bits per heavy atom. The monoisotopic (exact) mass is 365 g/mol. The lowest BCUT2D eigenvalue weighted by Crippen LogP contribution is -2.18. The van der Waals surface area contributed by atoms with E-state index in [0.29, 0.717) is 11.4 Å². The zero-order valence-corrected chi connectivity index (χ0v) is 15.7. The Kier molecular flexibility index (Phi) is 5.14. The van der Waals surface area contributed by atoms with E-state index in [1.165, 1.54) is 11.8 Å². The van der Waals surface area contributed by atoms with Crippen LogP contribution in [-0.2, 0) is 11.8 Å². The second kappa shape index (κ2) is 7.50. The van der Waals surface area contributed by atoms with E-state index >= 15 is 0 Å². The van der Waals surface area contributed by atoms with Crippen molar-refractivity contribution in [2.24, 2.45) is 7.05 Å². The van der Waals surface area contributed by atoms with Gasteiger partial charge in [-0.15, -0.1) is 0 Å². The second-order valence-electron chi connectivity index (χ2n) is 5.87. The van der Waals surface area contributed by atoms with Gasteiger partial charge in [0.2, 0.25) is 5.91 Å². The van der Waals surface area contributed by atoms with E-state index in [4.69, 9.17) is 0 Å². The number of para-hydroxylation sites is 1. The van der Waals surface area contributed by atoms with Crippen LogP contribution in [0.3, 0.4) is 0 Å². The van der Waals surface area contributed by atoms with Crippen LogP contribution in [0.2, 0.25) is 0 Å². The fourth-order valence-electron chi connectivity index (χ4n) is 2.75. The summed E-state index contributed by atoms with van der Waals surface area (Å²) in [6.07, 6.45) is 3.53. The van der Waals surface area contributed by atoms with Crippen LogP contribution in [-0.4, -0.2) is 25.8 Å². The Morgan fingerprint density at radius 3 is 2.65 bits per heavy atom. The minimum Gasteiger partial charge on any atom is -0.329 e. The molecule has 0 aliphatic rings. The molecule has 3 aromatic rings. The molecule has 0 fully saturated rings. The molecule has 1 aromatic carbocycles. The van der Waals surface area contributed by atoms with Crippen LogP contribution >= 0.6 is 11.8 Å². The van der Waals surface area contributed by atoms with Crippen LogP contribution in [0.5, 0.6) is 0 Å². The van der Waals surface area contributed by atoms with Crippen molar-refractivity contribution in [2.75, 3.05) is 11.1 Å². The SMILES string of the molecule is Cc1c(C#N)c(NC(=O)CSc2nccn2C)n(-c2ccccc2)c1C. The number of carbonyl (C=O) groups is 1. The van der Waals surface area contributed by atoms with Gasteiger partial charge in [-0.05, 0) is 31.5 Å². The van der Waals surface area contributed by atoms with Crippen LogP contribution in [0, 0.1) is 25.2 Å². The lowest BCUT2D eigenvalue weighted by molar-refractivity contribution is -0.113. The Hall–Kier alpha value is -2.98. The van der Waals surface area contributed by atoms with Gasteiger partial charge in [-0.2, -0.15) is 5.26 Å². The van der Waals surface area contributed by atoms with Gasteiger partial charge < -0.3 is 9.88 Å². The summed E-state index contributed by atoms with van der Waals surface area (Å²) in [6, 6.07) is 11.9. The molecule has 2 aromatic heterocycles. The van der Waals surface area contributed by atoms with E-state index in [1.807, 2.05) is 66.6 Å². The quantitative estimate of drug-likeness (QED) is 0.703. The normalized spacial score (nSPS) is 10.5. The first-order chi connectivity index (χ1) is 12.5. The summed E-state index contributed by atoms with van der Waals surface area (Å²) >= 11 is 1.35. The van der Waals surface area contributed by atoms with Gasteiger partial charge in [0.1, 0.15) is 11.9 Å². The Balaban J connectivity index is 1.89. The summed E-state index contributed by atoms with van der Waals surface area (Å²) in [4.78, 5) is 16.7. The zero-order chi connectivity index (χ0) is 18.7. The Morgan fingerprint density at radius 1 is 1.31 bits per heavy atom. The van der Waals surface area contributed by atoms with E-state index in [2.05, 4.69) is 16.4 Å². The standard InChI is InChI=1S/C19H19N5OS/c1-13-14(2)24(15-7-5-4-6-8-15)18(16(13)11-20)22-17(25)12-26-19-21-9-10-23(19)3/h4-10H,12H2,1-3H3,(H,22,25). The van der Waals surface area contributed by atoms with Crippen molar-refractivity contribution in [2.45, 2.75) is 19.0 Å². The molecule has 0 radical (unpaired) electrons. The van der Waals surface area contributed by atoms with Gasteiger partial charge in [-0.1, -0.05) is 30.0 Å². The maximum atomic E-state index is 12.5. The second-order valence-corrected chi connectivity index (χ2v) is 6.82. The number of rotatable bonds is 5. The van der Waals surface area contributed by atoms with Crippen molar-refractivity contribution in [1.29, 1.82) is 5.26 Å². The summed E-state index contributed by atoms with van der Waals surface area (Å²) in [5, 5.41) is 13.3. The lowest BCUT2D eigenvalue weighted by atomic mass is 10.2. The molecule has 0 saturated carbocycles. The highest BCUT2D eigenvalue weighted by molar-refractivity contribution is 7.99. The molecule has 132 valence electrons. The van der Waals surface area contributed by atoms with Crippen LogP contribution < -0.4 is 5.32 Å². The summed E-state index contributed by atoms with van der Waals surface area (Å²) in [7, 11) is 1.88. The number of nitrogens with zero attached hydrogens (tertiary/aromatic N) is 4. The van der Waals surface area contributed by atoms with E-state index in [0.717, 1.165) is 22.1 Å². The fourth-order valence-corrected chi connectivity index (χ4v) is 3.48. The lowest BCUT2D eigenvalue weighted by Gasteiger charge is -2.13. The smallest absolute Gasteiger partial charge is 0.236 e. The molecule has 7 heteroatoms. The van der Waals surface area contributed by atoms with Crippen LogP contribution in [0.25, 0.3) is 5.69 Å². The largest absolute Gasteiger partial charge is 0.329 e. The van der Waals surface area contributed by atoms with Gasteiger partial charge in [-0.3, -0.25) is 9.36 Å². The molecule has 0 aliphatic heterocycles. The zero-order valence-electron chi connectivity index (χ0n) is 14.9. The number of amides is 1. The van der Waals surface area contributed by atoms with Crippen LogP contribution in [0.4, 0.5) is 5.82 Å². The summed E-state index contributed by atoms with van der Waals surface area (Å²) in [5.41, 5.74) is 3.19. The molecule has 0 spiro atoms. The summed E-state index contributed by atoms with van der Waals surface area (Å²) < 4.78 is 3.77. The number of benzene rings is 1. The van der Waals surface area contributed by atoms with E-state index in [1.54, 1.807) is 6.20 Å². The molecular formula is C19H19N5OS. The average molecular weight is 365 g/mol. The highest BCUT2D eigenvalue weighted by Crippen LogP contribution is 2.30. The molecule has 2 heterocycles. The highest BCUT2D eigenvalue weighted by atomic mass is 32.2. The van der Waals surface area contributed by atoms with E-state index in [9.17, 15) is 10.1 Å². The number of carbonyl (C=O) groups excluding carboxylic acids is 1. The van der Waals surface area contributed by atoms with Crippen LogP contribution in [0.1, 0.15) is 16.8 Å². The number of hydrogen-bond acceptors (Lipinski definition) is 4. The molecule has 0 aliphatic carbocycles. The molecule has 6 nitrogen and oxygen atoms in total. The third-order valence-electron chi connectivity index (χ3n) is 4.21. The number of aromatic nitrogens is 3. The van der Waals surface area contributed by atoms with Gasteiger partial charge in [0, 0.05) is 30.8 Å². The maximum Gasteiger partial charge on any atom is 0.236 e. The molecule has 0 unspecified atom stereocenters. The molecular weight excluding hydrogens is 346 g/mol. The average Bonchev–Trinajstić information content (AvgIpc) is 3.15. The number of nitrogens with one attached hydrogen (secondary N) is 1. The molecule has 0 saturated heterocycles. The van der Waals surface area contributed by atoms with E-state index in [-0.39, 0.29) is 11.7 Å². The third kappa shape index (κ3) is 3.37. The van der Waals surface area contributed by atoms with E-state index < -0.39 is 0 Å². The first kappa shape index (κ1) is 17.8. The van der Waals surface area contributed by atoms with Gasteiger partial charge in [0.15, 0.2) is 5.16 Å². The minimum absolute atomic E-state index is 0.177. The predicted molar refractivity (Wildman–Crippen MR) is 103 cm³/mol. The van der Waals surface area contributed by atoms with Crippen molar-refractivity contribution >= 4 is 23.5 Å². The molecule has 3 rings (SSSR count). The van der Waals surface area contributed by atoms with Crippen molar-refractivity contribution in [3.63, 3.8) is 0 Å². The number of thioether (sulfide) groups is 1. The molecule has 0 bridgehead atoms. The van der Waals surface area contributed by atoms with Gasteiger partial charge >= 0.3 is 0 Å². The first-order valence-electron chi connectivity index (χ1n) is 8.10. The van der Waals surface area contributed by atoms with Gasteiger partial charge in [-0.25, -0.2) is 4.98 Å². The number of hydrogen-bond donors (Lipinski definition) is 1. The number of imidazole rings is 1. The molecule has 26 heavy (non-hydrogen) atoms. The molecule has 1 amide bonds. The number of anilines is 1.